The molecule has 0 aliphatic heterocycles. The highest BCUT2D eigenvalue weighted by Gasteiger charge is 2.17. The molecule has 1 aromatic heterocycles. The molecule has 0 spiro atoms. The number of nitrogens with one attached hydrogen (secondary N) is 1. The second-order valence-corrected chi connectivity index (χ2v) is 4.53. The van der Waals surface area contributed by atoms with E-state index in [-0.39, 0.29) is 0 Å². The number of aryl methyl sites for hydroxylation is 1. The van der Waals surface area contributed by atoms with E-state index in [1.165, 1.54) is 18.5 Å². The lowest BCUT2D eigenvalue weighted by molar-refractivity contribution is 0.472. The van der Waals surface area contributed by atoms with E-state index in [1.54, 1.807) is 0 Å². The smallest absolute Gasteiger partial charge is 0.0695 e. The van der Waals surface area contributed by atoms with Gasteiger partial charge in [-0.25, -0.2) is 0 Å². The normalized spacial score (nSPS) is 13.1. The maximum atomic E-state index is 4.34. The van der Waals surface area contributed by atoms with Gasteiger partial charge in [0.1, 0.15) is 0 Å². The van der Waals surface area contributed by atoms with Gasteiger partial charge in [-0.3, -0.25) is 4.68 Å². The molecule has 0 amide bonds. The van der Waals surface area contributed by atoms with Crippen LogP contribution in [0, 0.1) is 0 Å². The molecule has 4 heteroatoms. The second kappa shape index (κ2) is 6.28. The molecule has 1 unspecified atom stereocenters. The van der Waals surface area contributed by atoms with Crippen molar-refractivity contribution in [2.75, 3.05) is 7.05 Å². The number of unbranched alkanes of at least 4 members (excludes halogenated alkanes) is 1. The molecule has 0 fully saturated rings. The zero-order chi connectivity index (χ0) is 11.3. The molecule has 0 bridgehead atoms. The summed E-state index contributed by atoms with van der Waals surface area (Å²) in [7, 11) is 2.01. The number of halogens is 1. The Bertz CT molecular complexity index is 296. The Morgan fingerprint density at radius 2 is 2.27 bits per heavy atom. The van der Waals surface area contributed by atoms with Crippen molar-refractivity contribution in [1.82, 2.24) is 15.1 Å². The number of hydrogen-bond acceptors (Lipinski definition) is 2. The lowest BCUT2D eigenvalue weighted by atomic mass is 10.1. The van der Waals surface area contributed by atoms with E-state index in [9.17, 15) is 0 Å². The SMILES string of the molecule is CCCCC(NC)c1c(Br)cnn1CC. The first-order chi connectivity index (χ1) is 7.24. The fraction of sp³-hybridized carbons (Fsp3) is 0.727. The molecule has 1 aromatic rings. The van der Waals surface area contributed by atoms with Crippen molar-refractivity contribution < 1.29 is 0 Å². The number of hydrogen-bond donors (Lipinski definition) is 1. The quantitative estimate of drug-likeness (QED) is 0.863. The predicted molar refractivity (Wildman–Crippen MR) is 66.9 cm³/mol. The average Bonchev–Trinajstić information content (AvgIpc) is 2.62. The Kier molecular flexibility index (Phi) is 5.32. The van der Waals surface area contributed by atoms with Crippen molar-refractivity contribution in [2.24, 2.45) is 0 Å². The minimum Gasteiger partial charge on any atom is -0.312 e. The lowest BCUT2D eigenvalue weighted by Crippen LogP contribution is -2.20. The monoisotopic (exact) mass is 273 g/mol. The largest absolute Gasteiger partial charge is 0.312 e. The summed E-state index contributed by atoms with van der Waals surface area (Å²) in [5, 5.41) is 7.70. The van der Waals surface area contributed by atoms with Crippen LogP contribution in [0.1, 0.15) is 44.8 Å². The molecule has 1 N–H and O–H groups in total. The molecule has 15 heavy (non-hydrogen) atoms. The highest BCUT2D eigenvalue weighted by atomic mass is 79.9. The molecule has 0 aromatic carbocycles. The molecule has 86 valence electrons. The third-order valence-electron chi connectivity index (χ3n) is 2.66. The van der Waals surface area contributed by atoms with Crippen molar-refractivity contribution in [1.29, 1.82) is 0 Å². The highest BCUT2D eigenvalue weighted by Crippen LogP contribution is 2.26. The van der Waals surface area contributed by atoms with Crippen LogP contribution in [-0.4, -0.2) is 16.8 Å². The van der Waals surface area contributed by atoms with Gasteiger partial charge >= 0.3 is 0 Å². The van der Waals surface area contributed by atoms with Crippen molar-refractivity contribution in [3.63, 3.8) is 0 Å². The summed E-state index contributed by atoms with van der Waals surface area (Å²) in [4.78, 5) is 0. The topological polar surface area (TPSA) is 29.9 Å². The number of aromatic nitrogens is 2. The van der Waals surface area contributed by atoms with Gasteiger partial charge in [-0.2, -0.15) is 5.10 Å². The third kappa shape index (κ3) is 3.05. The van der Waals surface area contributed by atoms with Crippen LogP contribution < -0.4 is 5.32 Å². The minimum absolute atomic E-state index is 0.404. The summed E-state index contributed by atoms with van der Waals surface area (Å²) in [6.45, 7) is 5.26. The van der Waals surface area contributed by atoms with Crippen LogP contribution in [0.5, 0.6) is 0 Å². The average molecular weight is 274 g/mol. The second-order valence-electron chi connectivity index (χ2n) is 3.68. The molecule has 1 heterocycles. The molecule has 0 saturated heterocycles. The van der Waals surface area contributed by atoms with Crippen LogP contribution in [-0.2, 0) is 6.54 Å². The lowest BCUT2D eigenvalue weighted by Gasteiger charge is -2.17. The van der Waals surface area contributed by atoms with Gasteiger partial charge in [0.25, 0.3) is 0 Å². The van der Waals surface area contributed by atoms with Gasteiger partial charge in [-0.15, -0.1) is 0 Å². The Balaban J connectivity index is 2.84. The van der Waals surface area contributed by atoms with Gasteiger partial charge in [-0.05, 0) is 36.3 Å². The maximum absolute atomic E-state index is 4.34. The number of rotatable bonds is 6. The summed E-state index contributed by atoms with van der Waals surface area (Å²) in [6, 6.07) is 0.404. The summed E-state index contributed by atoms with van der Waals surface area (Å²) < 4.78 is 3.17. The van der Waals surface area contributed by atoms with Gasteiger partial charge in [-0.1, -0.05) is 19.8 Å². The predicted octanol–water partition coefficient (Wildman–Crippen LogP) is 3.12. The summed E-state index contributed by atoms with van der Waals surface area (Å²) in [5.74, 6) is 0. The van der Waals surface area contributed by atoms with Crippen LogP contribution in [0.2, 0.25) is 0 Å². The van der Waals surface area contributed by atoms with E-state index >= 15 is 0 Å². The fourth-order valence-corrected chi connectivity index (χ4v) is 2.37. The summed E-state index contributed by atoms with van der Waals surface area (Å²) in [6.07, 6.45) is 5.52. The van der Waals surface area contributed by atoms with E-state index < -0.39 is 0 Å². The molecule has 0 aliphatic rings. The molecular weight excluding hydrogens is 254 g/mol. The van der Waals surface area contributed by atoms with Crippen molar-refractivity contribution in [3.05, 3.63) is 16.4 Å². The van der Waals surface area contributed by atoms with Crippen LogP contribution >= 0.6 is 15.9 Å². The Morgan fingerprint density at radius 1 is 1.53 bits per heavy atom. The van der Waals surface area contributed by atoms with Gasteiger partial charge in [0, 0.05) is 6.54 Å². The van der Waals surface area contributed by atoms with Gasteiger partial charge < -0.3 is 5.32 Å². The zero-order valence-electron chi connectivity index (χ0n) is 9.76. The highest BCUT2D eigenvalue weighted by molar-refractivity contribution is 9.10. The molecular formula is C11H20BrN3. The van der Waals surface area contributed by atoms with Gasteiger partial charge in [0.05, 0.1) is 22.4 Å². The van der Waals surface area contributed by atoms with Crippen LogP contribution in [0.25, 0.3) is 0 Å². The first-order valence-corrected chi connectivity index (χ1v) is 6.42. The molecule has 0 saturated carbocycles. The van der Waals surface area contributed by atoms with Crippen molar-refractivity contribution in [2.45, 2.75) is 45.7 Å². The van der Waals surface area contributed by atoms with Gasteiger partial charge in [0.2, 0.25) is 0 Å². The Hall–Kier alpha value is -0.350. The van der Waals surface area contributed by atoms with Gasteiger partial charge in [0.15, 0.2) is 0 Å². The molecule has 3 nitrogen and oxygen atoms in total. The Labute approximate surface area is 100 Å². The molecule has 0 radical (unpaired) electrons. The van der Waals surface area contributed by atoms with Crippen molar-refractivity contribution in [3.8, 4) is 0 Å². The van der Waals surface area contributed by atoms with E-state index in [4.69, 9.17) is 0 Å². The minimum atomic E-state index is 0.404. The van der Waals surface area contributed by atoms with E-state index in [0.717, 1.165) is 17.4 Å². The fourth-order valence-electron chi connectivity index (χ4n) is 1.80. The van der Waals surface area contributed by atoms with Crippen molar-refractivity contribution >= 4 is 15.9 Å². The molecule has 1 atom stereocenters. The summed E-state index contributed by atoms with van der Waals surface area (Å²) >= 11 is 3.57. The standard InChI is InChI=1S/C11H20BrN3/c1-4-6-7-10(13-3)11-9(12)8-14-15(11)5-2/h8,10,13H,4-7H2,1-3H3. The Morgan fingerprint density at radius 3 is 2.80 bits per heavy atom. The van der Waals surface area contributed by atoms with E-state index in [1.807, 2.05) is 13.2 Å². The van der Waals surface area contributed by atoms with E-state index in [0.29, 0.717) is 6.04 Å². The summed E-state index contributed by atoms with van der Waals surface area (Å²) in [5.41, 5.74) is 1.27. The number of nitrogens with zero attached hydrogens (tertiary/aromatic N) is 2. The maximum Gasteiger partial charge on any atom is 0.0695 e. The zero-order valence-corrected chi connectivity index (χ0v) is 11.3. The molecule has 0 aliphatic carbocycles. The third-order valence-corrected chi connectivity index (χ3v) is 3.27. The first-order valence-electron chi connectivity index (χ1n) is 5.63. The first kappa shape index (κ1) is 12.7. The van der Waals surface area contributed by atoms with Crippen LogP contribution in [0.3, 0.4) is 0 Å². The van der Waals surface area contributed by atoms with E-state index in [2.05, 4.69) is 44.9 Å². The van der Waals surface area contributed by atoms with Crippen LogP contribution in [0.15, 0.2) is 10.7 Å². The molecule has 1 rings (SSSR count). The van der Waals surface area contributed by atoms with Crippen LogP contribution in [0.4, 0.5) is 0 Å².